The van der Waals surface area contributed by atoms with Gasteiger partial charge in [-0.3, -0.25) is 0 Å². The number of benzene rings is 1. The first-order chi connectivity index (χ1) is 12.2. The number of hydrogen-bond donors (Lipinski definition) is 1. The number of alkyl halides is 3. The van der Waals surface area contributed by atoms with E-state index >= 15 is 0 Å². The smallest absolute Gasteiger partial charge is 0.420 e. The van der Waals surface area contributed by atoms with Crippen LogP contribution in [0.15, 0.2) is 23.6 Å². The number of rotatable bonds is 8. The molecule has 0 amide bonds. The van der Waals surface area contributed by atoms with Gasteiger partial charge in [-0.1, -0.05) is 19.8 Å². The van der Waals surface area contributed by atoms with Crippen LogP contribution in [-0.4, -0.2) is 29.7 Å². The van der Waals surface area contributed by atoms with Gasteiger partial charge in [-0.15, -0.1) is 11.3 Å². The largest absolute Gasteiger partial charge is 0.493 e. The Bertz CT molecular complexity index is 762. The first-order valence-corrected chi connectivity index (χ1v) is 8.88. The Labute approximate surface area is 153 Å². The van der Waals surface area contributed by atoms with Crippen molar-refractivity contribution in [2.75, 3.05) is 18.6 Å². The minimum absolute atomic E-state index is 0.149. The molecule has 5 nitrogen and oxygen atoms in total. The quantitative estimate of drug-likeness (QED) is 0.630. The zero-order chi connectivity index (χ0) is 19.3. The summed E-state index contributed by atoms with van der Waals surface area (Å²) in [6.07, 6.45) is -2.04. The molecule has 2 aromatic rings. The normalized spacial score (nSPS) is 11.4. The third-order valence-corrected chi connectivity index (χ3v) is 4.58. The van der Waals surface area contributed by atoms with E-state index in [0.717, 1.165) is 30.2 Å². The van der Waals surface area contributed by atoms with E-state index in [4.69, 9.17) is 9.84 Å². The summed E-state index contributed by atoms with van der Waals surface area (Å²) in [5.74, 6) is -1.40. The second kappa shape index (κ2) is 8.39. The molecule has 0 saturated heterocycles. The minimum Gasteiger partial charge on any atom is -0.493 e. The maximum Gasteiger partial charge on any atom is 0.420 e. The highest BCUT2D eigenvalue weighted by atomic mass is 32.1. The van der Waals surface area contributed by atoms with Crippen molar-refractivity contribution in [3.05, 3.63) is 34.8 Å². The van der Waals surface area contributed by atoms with Gasteiger partial charge in [0.1, 0.15) is 5.75 Å². The molecule has 0 aliphatic rings. The number of aromatic carboxylic acids is 1. The monoisotopic (exact) mass is 388 g/mol. The third-order valence-electron chi connectivity index (χ3n) is 3.66. The second-order valence-corrected chi connectivity index (χ2v) is 6.45. The number of hydrogen-bond acceptors (Lipinski definition) is 5. The molecule has 0 aliphatic heterocycles. The SMILES string of the molecule is CCCCCOc1ccc(N(C)c2nc(C(=O)O)cs2)cc1C(F)(F)F. The molecular formula is C17H19F3N2O3S. The van der Waals surface area contributed by atoms with Gasteiger partial charge in [-0.2, -0.15) is 13.2 Å². The van der Waals surface area contributed by atoms with Gasteiger partial charge in [0.15, 0.2) is 10.8 Å². The number of carbonyl (C=O) groups is 1. The molecule has 142 valence electrons. The Kier molecular flexibility index (Phi) is 6.47. The van der Waals surface area contributed by atoms with Gasteiger partial charge < -0.3 is 14.7 Å². The van der Waals surface area contributed by atoms with E-state index in [2.05, 4.69) is 4.98 Å². The van der Waals surface area contributed by atoms with Gasteiger partial charge in [0.05, 0.1) is 12.2 Å². The summed E-state index contributed by atoms with van der Waals surface area (Å²) in [5, 5.41) is 10.5. The number of carboxylic acid groups (broad SMARTS) is 1. The number of ether oxygens (including phenoxy) is 1. The summed E-state index contributed by atoms with van der Waals surface area (Å²) >= 11 is 1.04. The molecule has 1 N–H and O–H groups in total. The third kappa shape index (κ3) is 4.87. The van der Waals surface area contributed by atoms with Crippen LogP contribution in [0.5, 0.6) is 5.75 Å². The highest BCUT2D eigenvalue weighted by Crippen LogP contribution is 2.40. The molecule has 0 unspecified atom stereocenters. The predicted octanol–water partition coefficient (Wildman–Crippen LogP) is 5.20. The van der Waals surface area contributed by atoms with Crippen LogP contribution in [-0.2, 0) is 6.18 Å². The number of carboxylic acids is 1. The average molecular weight is 388 g/mol. The topological polar surface area (TPSA) is 62.7 Å². The molecule has 2 rings (SSSR count). The van der Waals surface area contributed by atoms with E-state index in [1.165, 1.54) is 29.5 Å². The summed E-state index contributed by atoms with van der Waals surface area (Å²) in [7, 11) is 1.53. The van der Waals surface area contributed by atoms with E-state index in [9.17, 15) is 18.0 Å². The van der Waals surface area contributed by atoms with Crippen LogP contribution < -0.4 is 9.64 Å². The molecule has 0 spiro atoms. The van der Waals surface area contributed by atoms with Crippen LogP contribution in [0, 0.1) is 0 Å². The Balaban J connectivity index is 2.27. The molecule has 0 saturated carbocycles. The summed E-state index contributed by atoms with van der Waals surface area (Å²) in [5.41, 5.74) is -0.776. The molecule has 1 aromatic carbocycles. The maximum absolute atomic E-state index is 13.4. The van der Waals surface area contributed by atoms with Crippen molar-refractivity contribution < 1.29 is 27.8 Å². The molecule has 26 heavy (non-hydrogen) atoms. The Morgan fingerprint density at radius 1 is 1.35 bits per heavy atom. The zero-order valence-corrected chi connectivity index (χ0v) is 15.2. The molecule has 0 bridgehead atoms. The fourth-order valence-electron chi connectivity index (χ4n) is 2.24. The van der Waals surface area contributed by atoms with Gasteiger partial charge in [-0.05, 0) is 24.6 Å². The number of thiazole rings is 1. The fourth-order valence-corrected chi connectivity index (χ4v) is 3.02. The molecule has 1 aromatic heterocycles. The fraction of sp³-hybridized carbons (Fsp3) is 0.412. The van der Waals surface area contributed by atoms with E-state index in [0.29, 0.717) is 6.42 Å². The first kappa shape index (κ1) is 20.0. The van der Waals surface area contributed by atoms with E-state index in [1.807, 2.05) is 6.92 Å². The van der Waals surface area contributed by atoms with E-state index in [-0.39, 0.29) is 28.9 Å². The summed E-state index contributed by atoms with van der Waals surface area (Å²) < 4.78 is 45.5. The van der Waals surface area contributed by atoms with Crippen molar-refractivity contribution in [3.8, 4) is 5.75 Å². The van der Waals surface area contributed by atoms with Crippen molar-refractivity contribution in [2.45, 2.75) is 32.4 Å². The van der Waals surface area contributed by atoms with Crippen LogP contribution in [0.1, 0.15) is 42.2 Å². The number of anilines is 2. The van der Waals surface area contributed by atoms with E-state index < -0.39 is 17.7 Å². The Hall–Kier alpha value is -2.29. The number of halogens is 3. The first-order valence-electron chi connectivity index (χ1n) is 8.00. The van der Waals surface area contributed by atoms with Crippen LogP contribution in [0.2, 0.25) is 0 Å². The maximum atomic E-state index is 13.4. The number of unbranched alkanes of at least 4 members (excludes halogenated alkanes) is 2. The lowest BCUT2D eigenvalue weighted by Crippen LogP contribution is -2.14. The number of nitrogens with zero attached hydrogens (tertiary/aromatic N) is 2. The number of aromatic nitrogens is 1. The van der Waals surface area contributed by atoms with Gasteiger partial charge >= 0.3 is 12.1 Å². The molecule has 0 atom stereocenters. The van der Waals surface area contributed by atoms with Gasteiger partial charge in [-0.25, -0.2) is 9.78 Å². The lowest BCUT2D eigenvalue weighted by Gasteiger charge is -2.20. The lowest BCUT2D eigenvalue weighted by molar-refractivity contribution is -0.138. The Morgan fingerprint density at radius 2 is 2.08 bits per heavy atom. The van der Waals surface area contributed by atoms with Crippen molar-refractivity contribution in [3.63, 3.8) is 0 Å². The molecule has 1 heterocycles. The predicted molar refractivity (Wildman–Crippen MR) is 93.6 cm³/mol. The lowest BCUT2D eigenvalue weighted by atomic mass is 10.1. The van der Waals surface area contributed by atoms with Gasteiger partial charge in [0.2, 0.25) is 0 Å². The van der Waals surface area contributed by atoms with Crippen molar-refractivity contribution in [2.24, 2.45) is 0 Å². The zero-order valence-electron chi connectivity index (χ0n) is 14.3. The van der Waals surface area contributed by atoms with Crippen LogP contribution in [0.3, 0.4) is 0 Å². The van der Waals surface area contributed by atoms with Crippen LogP contribution >= 0.6 is 11.3 Å². The van der Waals surface area contributed by atoms with Crippen LogP contribution in [0.4, 0.5) is 24.0 Å². The molecule has 0 fully saturated rings. The van der Waals surface area contributed by atoms with Gasteiger partial charge in [0, 0.05) is 18.1 Å². The average Bonchev–Trinajstić information content (AvgIpc) is 3.07. The standard InChI is InChI=1S/C17H19F3N2O3S/c1-3-4-5-8-25-14-7-6-11(9-12(14)17(18,19)20)22(2)16-21-13(10-26-16)15(23)24/h6-7,9-10H,3-5,8H2,1-2H3,(H,23,24). The summed E-state index contributed by atoms with van der Waals surface area (Å²) in [6, 6.07) is 3.76. The highest BCUT2D eigenvalue weighted by molar-refractivity contribution is 7.14. The summed E-state index contributed by atoms with van der Waals surface area (Å²) in [6.45, 7) is 2.22. The van der Waals surface area contributed by atoms with Crippen molar-refractivity contribution >= 4 is 28.1 Å². The molecular weight excluding hydrogens is 369 g/mol. The molecule has 9 heteroatoms. The van der Waals surface area contributed by atoms with Crippen molar-refractivity contribution in [1.29, 1.82) is 0 Å². The van der Waals surface area contributed by atoms with Crippen molar-refractivity contribution in [1.82, 2.24) is 4.98 Å². The van der Waals surface area contributed by atoms with Gasteiger partial charge in [0.25, 0.3) is 0 Å². The minimum atomic E-state index is -4.56. The summed E-state index contributed by atoms with van der Waals surface area (Å²) in [4.78, 5) is 16.2. The second-order valence-electron chi connectivity index (χ2n) is 5.61. The molecule has 0 radical (unpaired) electrons. The highest BCUT2D eigenvalue weighted by Gasteiger charge is 2.35. The Morgan fingerprint density at radius 3 is 2.65 bits per heavy atom. The van der Waals surface area contributed by atoms with Crippen LogP contribution in [0.25, 0.3) is 0 Å². The molecule has 0 aliphatic carbocycles. The van der Waals surface area contributed by atoms with E-state index in [1.54, 1.807) is 0 Å².